The molecule has 0 saturated carbocycles. The van der Waals surface area contributed by atoms with Gasteiger partial charge >= 0.3 is 0 Å². The summed E-state index contributed by atoms with van der Waals surface area (Å²) in [4.78, 5) is 22.9. The van der Waals surface area contributed by atoms with Crippen LogP contribution in [0, 0.1) is 5.92 Å². The van der Waals surface area contributed by atoms with Crippen molar-refractivity contribution < 1.29 is 9.59 Å². The van der Waals surface area contributed by atoms with Gasteiger partial charge in [-0.2, -0.15) is 0 Å². The van der Waals surface area contributed by atoms with Crippen LogP contribution in [0.25, 0.3) is 0 Å². The van der Waals surface area contributed by atoms with E-state index < -0.39 is 0 Å². The summed E-state index contributed by atoms with van der Waals surface area (Å²) in [5.41, 5.74) is 0. The lowest BCUT2D eigenvalue weighted by Gasteiger charge is -2.21. The molecule has 1 aliphatic heterocycles. The van der Waals surface area contributed by atoms with Gasteiger partial charge in [-0.15, -0.1) is 0 Å². The molecule has 60 valence electrons. The molecule has 0 aromatic rings. The third-order valence-electron chi connectivity index (χ3n) is 1.62. The summed E-state index contributed by atoms with van der Waals surface area (Å²) in [6.07, 6.45) is 2.69. The molecular formula is C7H8BrNO2. The molecule has 0 aromatic carbocycles. The number of rotatable bonds is 1. The highest BCUT2D eigenvalue weighted by Crippen LogP contribution is 2.24. The zero-order valence-electron chi connectivity index (χ0n) is 6.08. The van der Waals surface area contributed by atoms with Crippen molar-refractivity contribution in [1.82, 2.24) is 4.90 Å². The summed E-state index contributed by atoms with van der Waals surface area (Å²) >= 11 is 3.22. The van der Waals surface area contributed by atoms with Gasteiger partial charge in [0.1, 0.15) is 6.29 Å². The molecular weight excluding hydrogens is 210 g/mol. The van der Waals surface area contributed by atoms with Gasteiger partial charge in [-0.3, -0.25) is 4.79 Å². The predicted octanol–water partition coefficient (Wildman–Crippen LogP) is 0.900. The molecule has 0 bridgehead atoms. The van der Waals surface area contributed by atoms with E-state index in [0.717, 1.165) is 10.8 Å². The molecule has 0 N–H and O–H groups in total. The quantitative estimate of drug-likeness (QED) is 0.613. The Balaban J connectivity index is 2.84. The molecule has 0 fully saturated rings. The monoisotopic (exact) mass is 217 g/mol. The molecule has 0 spiro atoms. The highest BCUT2D eigenvalue weighted by molar-refractivity contribution is 9.11. The third kappa shape index (κ3) is 1.68. The lowest BCUT2D eigenvalue weighted by molar-refractivity contribution is -0.130. The first-order valence-electron chi connectivity index (χ1n) is 3.23. The maximum atomic E-state index is 11.0. The SMILES string of the molecule is CN1C=C(Br)C(C=O)CC1=O. The van der Waals surface area contributed by atoms with Gasteiger partial charge in [0.25, 0.3) is 0 Å². The molecule has 0 aliphatic carbocycles. The van der Waals surface area contributed by atoms with Crippen molar-refractivity contribution in [3.05, 3.63) is 10.7 Å². The first-order valence-corrected chi connectivity index (χ1v) is 4.02. The van der Waals surface area contributed by atoms with Crippen LogP contribution in [0.4, 0.5) is 0 Å². The zero-order chi connectivity index (χ0) is 8.43. The van der Waals surface area contributed by atoms with Crippen molar-refractivity contribution in [3.63, 3.8) is 0 Å². The second kappa shape index (κ2) is 3.17. The van der Waals surface area contributed by atoms with Crippen LogP contribution in [-0.2, 0) is 9.59 Å². The number of hydrogen-bond acceptors (Lipinski definition) is 2. The van der Waals surface area contributed by atoms with Crippen LogP contribution in [-0.4, -0.2) is 24.1 Å². The van der Waals surface area contributed by atoms with Gasteiger partial charge in [0.2, 0.25) is 5.91 Å². The van der Waals surface area contributed by atoms with Gasteiger partial charge in [-0.05, 0) is 0 Å². The Morgan fingerprint density at radius 1 is 1.82 bits per heavy atom. The fraction of sp³-hybridized carbons (Fsp3) is 0.429. The molecule has 11 heavy (non-hydrogen) atoms. The topological polar surface area (TPSA) is 37.4 Å². The van der Waals surface area contributed by atoms with Gasteiger partial charge in [0.05, 0.1) is 5.92 Å². The van der Waals surface area contributed by atoms with Crippen LogP contribution in [0.3, 0.4) is 0 Å². The van der Waals surface area contributed by atoms with Crippen molar-refractivity contribution in [2.45, 2.75) is 6.42 Å². The first-order chi connectivity index (χ1) is 5.15. The minimum Gasteiger partial charge on any atom is -0.321 e. The van der Waals surface area contributed by atoms with E-state index in [4.69, 9.17) is 0 Å². The zero-order valence-corrected chi connectivity index (χ0v) is 7.67. The largest absolute Gasteiger partial charge is 0.321 e. The molecule has 4 heteroatoms. The Morgan fingerprint density at radius 3 is 3.00 bits per heavy atom. The molecule has 0 saturated heterocycles. The molecule has 1 heterocycles. The van der Waals surface area contributed by atoms with E-state index in [2.05, 4.69) is 15.9 Å². The van der Waals surface area contributed by atoms with Crippen molar-refractivity contribution >= 4 is 28.1 Å². The average Bonchev–Trinajstić information content (AvgIpc) is 1.97. The van der Waals surface area contributed by atoms with Crippen LogP contribution >= 0.6 is 15.9 Å². The van der Waals surface area contributed by atoms with Crippen LogP contribution in [0.15, 0.2) is 10.7 Å². The van der Waals surface area contributed by atoms with Crippen molar-refractivity contribution in [2.75, 3.05) is 7.05 Å². The molecule has 3 nitrogen and oxygen atoms in total. The fourth-order valence-corrected chi connectivity index (χ4v) is 1.47. The second-order valence-electron chi connectivity index (χ2n) is 2.47. The van der Waals surface area contributed by atoms with Gasteiger partial charge in [0.15, 0.2) is 0 Å². The standard InChI is InChI=1S/C7H8BrNO2/c1-9-3-6(8)5(4-10)2-7(9)11/h3-5H,2H2,1H3. The second-order valence-corrected chi connectivity index (χ2v) is 3.38. The maximum Gasteiger partial charge on any atom is 0.227 e. The number of halogens is 1. The van der Waals surface area contributed by atoms with Crippen molar-refractivity contribution in [2.24, 2.45) is 5.92 Å². The van der Waals surface area contributed by atoms with Crippen LogP contribution in [0.2, 0.25) is 0 Å². The number of carbonyl (C=O) groups excluding carboxylic acids is 2. The predicted molar refractivity (Wildman–Crippen MR) is 44.0 cm³/mol. The van der Waals surface area contributed by atoms with E-state index in [9.17, 15) is 9.59 Å². The van der Waals surface area contributed by atoms with E-state index in [-0.39, 0.29) is 18.2 Å². The summed E-state index contributed by atoms with van der Waals surface area (Å²) in [6.45, 7) is 0. The number of allylic oxidation sites excluding steroid dienone is 1. The Labute approximate surface area is 73.2 Å². The lowest BCUT2D eigenvalue weighted by Crippen LogP contribution is -2.29. The van der Waals surface area contributed by atoms with E-state index in [1.165, 1.54) is 4.90 Å². The highest BCUT2D eigenvalue weighted by Gasteiger charge is 2.23. The molecule has 1 amide bonds. The van der Waals surface area contributed by atoms with E-state index in [0.29, 0.717) is 0 Å². The molecule has 1 atom stereocenters. The summed E-state index contributed by atoms with van der Waals surface area (Å²) in [5, 5.41) is 0. The summed E-state index contributed by atoms with van der Waals surface area (Å²) in [7, 11) is 1.67. The Bertz CT molecular complexity index is 224. The normalized spacial score (nSPS) is 24.9. The van der Waals surface area contributed by atoms with Crippen LogP contribution in [0.1, 0.15) is 6.42 Å². The Morgan fingerprint density at radius 2 is 2.45 bits per heavy atom. The summed E-state index contributed by atoms with van der Waals surface area (Å²) in [5.74, 6) is -0.302. The molecule has 1 unspecified atom stereocenters. The van der Waals surface area contributed by atoms with Crippen LogP contribution in [0.5, 0.6) is 0 Å². The Kier molecular flexibility index (Phi) is 2.44. The van der Waals surface area contributed by atoms with Gasteiger partial charge in [-0.1, -0.05) is 15.9 Å². The third-order valence-corrected chi connectivity index (χ3v) is 2.42. The highest BCUT2D eigenvalue weighted by atomic mass is 79.9. The number of hydrogen-bond donors (Lipinski definition) is 0. The van der Waals surface area contributed by atoms with Gasteiger partial charge in [0, 0.05) is 24.2 Å². The number of aldehydes is 1. The molecule has 1 rings (SSSR count). The maximum absolute atomic E-state index is 11.0. The average molecular weight is 218 g/mol. The van der Waals surface area contributed by atoms with Crippen molar-refractivity contribution in [3.8, 4) is 0 Å². The van der Waals surface area contributed by atoms with Crippen molar-refractivity contribution in [1.29, 1.82) is 0 Å². The smallest absolute Gasteiger partial charge is 0.227 e. The summed E-state index contributed by atoms with van der Waals surface area (Å²) < 4.78 is 0.773. The lowest BCUT2D eigenvalue weighted by atomic mass is 10.0. The number of nitrogens with zero attached hydrogens (tertiary/aromatic N) is 1. The van der Waals surface area contributed by atoms with Gasteiger partial charge in [-0.25, -0.2) is 0 Å². The summed E-state index contributed by atoms with van der Waals surface area (Å²) in [6, 6.07) is 0. The fourth-order valence-electron chi connectivity index (χ4n) is 0.895. The van der Waals surface area contributed by atoms with E-state index in [1.807, 2.05) is 0 Å². The minimum absolute atomic E-state index is 0.0229. The molecule has 0 radical (unpaired) electrons. The number of amides is 1. The first kappa shape index (κ1) is 8.46. The van der Waals surface area contributed by atoms with E-state index in [1.54, 1.807) is 13.2 Å². The van der Waals surface area contributed by atoms with E-state index >= 15 is 0 Å². The minimum atomic E-state index is -0.279. The number of carbonyl (C=O) groups is 2. The Hall–Kier alpha value is -0.640. The molecule has 0 aromatic heterocycles. The van der Waals surface area contributed by atoms with Gasteiger partial charge < -0.3 is 9.69 Å². The molecule has 1 aliphatic rings. The van der Waals surface area contributed by atoms with Crippen LogP contribution < -0.4 is 0 Å².